The fourth-order valence-corrected chi connectivity index (χ4v) is 9.36. The highest BCUT2D eigenvalue weighted by Crippen LogP contribution is 2.19. The third-order valence-corrected chi connectivity index (χ3v) is 10.5. The summed E-state index contributed by atoms with van der Waals surface area (Å²) in [5.41, 5.74) is 0. The van der Waals surface area contributed by atoms with Gasteiger partial charge in [0.25, 0.3) is 0 Å². The number of carboxylic acids is 1. The van der Waals surface area contributed by atoms with Gasteiger partial charge >= 0.3 is 15.3 Å². The zero-order chi connectivity index (χ0) is 15.3. The van der Waals surface area contributed by atoms with E-state index in [0.29, 0.717) is 13.1 Å². The first kappa shape index (κ1) is 17.6. The number of rotatable bonds is 8. The zero-order valence-corrected chi connectivity index (χ0v) is 16.3. The van der Waals surface area contributed by atoms with Gasteiger partial charge in [0.2, 0.25) is 5.91 Å². The first-order valence-corrected chi connectivity index (χ1v) is 14.2. The molecule has 0 radical (unpaired) electrons. The van der Waals surface area contributed by atoms with Crippen LogP contribution in [0.1, 0.15) is 6.42 Å². The molecule has 1 N–H and O–H groups in total. The standard InChI is InChI=1S/C11H25NO5Si3/c1-18-16-19(17-20(2,3)4)6-5-12-8-9(11(14)15)7-10(12)13/h9,19H,5-8,18H2,1-4H3,(H,14,15). The van der Waals surface area contributed by atoms with E-state index in [0.717, 1.165) is 6.04 Å². The first-order chi connectivity index (χ1) is 9.23. The van der Waals surface area contributed by atoms with Crippen molar-refractivity contribution in [1.82, 2.24) is 4.90 Å². The summed E-state index contributed by atoms with van der Waals surface area (Å²) in [6, 6.07) is 0.753. The quantitative estimate of drug-likeness (QED) is 0.639. The number of carbonyl (C=O) groups is 2. The first-order valence-electron chi connectivity index (χ1n) is 7.03. The van der Waals surface area contributed by atoms with Crippen LogP contribution in [0.25, 0.3) is 0 Å². The number of carbonyl (C=O) groups excluding carboxylic acids is 1. The lowest BCUT2D eigenvalue weighted by Crippen LogP contribution is -2.40. The van der Waals surface area contributed by atoms with E-state index >= 15 is 0 Å². The molecule has 1 aliphatic heterocycles. The second-order valence-electron chi connectivity index (χ2n) is 5.98. The second-order valence-corrected chi connectivity index (χ2v) is 14.5. The smallest absolute Gasteiger partial charge is 0.308 e. The largest absolute Gasteiger partial charge is 0.481 e. The maximum absolute atomic E-state index is 11.8. The molecule has 1 rings (SSSR count). The summed E-state index contributed by atoms with van der Waals surface area (Å²) in [6.07, 6.45) is 0.125. The van der Waals surface area contributed by atoms with Crippen molar-refractivity contribution in [2.75, 3.05) is 13.1 Å². The number of nitrogens with zero attached hydrogens (tertiary/aromatic N) is 1. The Morgan fingerprint density at radius 2 is 2.20 bits per heavy atom. The summed E-state index contributed by atoms with van der Waals surface area (Å²) in [5.74, 6) is -1.50. The van der Waals surface area contributed by atoms with Crippen LogP contribution in [0.5, 0.6) is 0 Å². The van der Waals surface area contributed by atoms with Gasteiger partial charge in [-0.3, -0.25) is 9.59 Å². The van der Waals surface area contributed by atoms with Gasteiger partial charge in [-0.2, -0.15) is 0 Å². The van der Waals surface area contributed by atoms with Crippen molar-refractivity contribution >= 4 is 39.2 Å². The SMILES string of the molecule is C[SiH2]O[SiH](CCN1CC(C(=O)O)CC1=O)O[Si](C)(C)C. The molecule has 0 aromatic carbocycles. The van der Waals surface area contributed by atoms with Gasteiger partial charge in [0.05, 0.1) is 5.92 Å². The van der Waals surface area contributed by atoms with Gasteiger partial charge < -0.3 is 18.2 Å². The van der Waals surface area contributed by atoms with Crippen LogP contribution in [0.3, 0.4) is 0 Å². The predicted octanol–water partition coefficient (Wildman–Crippen LogP) is 0.140. The molecule has 0 aliphatic carbocycles. The molecule has 2 atom stereocenters. The Hall–Kier alpha value is -0.489. The molecule has 1 aliphatic rings. The van der Waals surface area contributed by atoms with E-state index in [2.05, 4.69) is 26.2 Å². The molecule has 0 aromatic heterocycles. The summed E-state index contributed by atoms with van der Waals surface area (Å²) >= 11 is 0. The normalized spacial score (nSPS) is 21.9. The third kappa shape index (κ3) is 5.87. The lowest BCUT2D eigenvalue weighted by atomic mass is 10.1. The number of aliphatic carboxylic acids is 1. The van der Waals surface area contributed by atoms with Crippen LogP contribution in [-0.2, 0) is 17.8 Å². The Morgan fingerprint density at radius 3 is 2.65 bits per heavy atom. The molecule has 0 bridgehead atoms. The van der Waals surface area contributed by atoms with Gasteiger partial charge in [-0.25, -0.2) is 0 Å². The second kappa shape index (κ2) is 7.50. The highest BCUT2D eigenvalue weighted by atomic mass is 28.4. The van der Waals surface area contributed by atoms with E-state index in [4.69, 9.17) is 13.3 Å². The zero-order valence-electron chi connectivity index (χ0n) is 12.7. The molecule has 6 nitrogen and oxygen atoms in total. The molecule has 0 spiro atoms. The minimum atomic E-state index is -1.71. The van der Waals surface area contributed by atoms with Gasteiger partial charge in [0, 0.05) is 25.6 Å². The topological polar surface area (TPSA) is 76.1 Å². The molecule has 0 saturated carbocycles. The van der Waals surface area contributed by atoms with E-state index in [1.165, 1.54) is 0 Å². The molecular weight excluding hydrogens is 310 g/mol. The van der Waals surface area contributed by atoms with Crippen LogP contribution in [0, 0.1) is 5.92 Å². The van der Waals surface area contributed by atoms with Crippen LogP contribution >= 0.6 is 0 Å². The molecule has 1 amide bonds. The van der Waals surface area contributed by atoms with E-state index in [1.54, 1.807) is 4.90 Å². The van der Waals surface area contributed by atoms with Crippen molar-refractivity contribution in [3.05, 3.63) is 0 Å². The molecule has 116 valence electrons. The molecule has 1 saturated heterocycles. The highest BCUT2D eigenvalue weighted by molar-refractivity contribution is 6.76. The fourth-order valence-electron chi connectivity index (χ4n) is 2.17. The Morgan fingerprint density at radius 1 is 1.55 bits per heavy atom. The molecule has 2 unspecified atom stereocenters. The summed E-state index contributed by atoms with van der Waals surface area (Å²) in [4.78, 5) is 24.3. The molecule has 20 heavy (non-hydrogen) atoms. The van der Waals surface area contributed by atoms with Crippen LogP contribution in [0.15, 0.2) is 0 Å². The number of amides is 1. The Bertz CT molecular complexity index is 360. The average molecular weight is 336 g/mol. The molecule has 1 fully saturated rings. The summed E-state index contributed by atoms with van der Waals surface area (Å²) in [7, 11) is -3.85. The molecule has 0 aromatic rings. The van der Waals surface area contributed by atoms with Crippen LogP contribution in [0.2, 0.25) is 32.2 Å². The predicted molar refractivity (Wildman–Crippen MR) is 84.2 cm³/mol. The number of hydrogen-bond donors (Lipinski definition) is 1. The molecule has 1 heterocycles. The highest BCUT2D eigenvalue weighted by Gasteiger charge is 2.34. The van der Waals surface area contributed by atoms with E-state index in [9.17, 15) is 9.59 Å². The minimum Gasteiger partial charge on any atom is -0.481 e. The Labute approximate surface area is 125 Å². The van der Waals surface area contributed by atoms with Gasteiger partial charge in [-0.05, 0) is 19.6 Å². The van der Waals surface area contributed by atoms with E-state index in [-0.39, 0.29) is 12.3 Å². The van der Waals surface area contributed by atoms with E-state index in [1.807, 2.05) is 0 Å². The average Bonchev–Trinajstić information content (AvgIpc) is 2.66. The maximum atomic E-state index is 11.8. The summed E-state index contributed by atoms with van der Waals surface area (Å²) < 4.78 is 11.9. The van der Waals surface area contributed by atoms with Crippen molar-refractivity contribution in [1.29, 1.82) is 0 Å². The lowest BCUT2D eigenvalue weighted by Gasteiger charge is -2.27. The number of carboxylic acid groups (broad SMARTS) is 1. The van der Waals surface area contributed by atoms with Gasteiger partial charge in [0.15, 0.2) is 8.32 Å². The van der Waals surface area contributed by atoms with E-state index < -0.39 is 39.3 Å². The summed E-state index contributed by atoms with van der Waals surface area (Å²) in [6.45, 7) is 9.37. The number of likely N-dealkylation sites (tertiary alicyclic amines) is 1. The molecular formula is C11H25NO5Si3. The number of hydrogen-bond acceptors (Lipinski definition) is 4. The van der Waals surface area contributed by atoms with Gasteiger partial charge in [0.1, 0.15) is 9.76 Å². The molecule has 9 heteroatoms. The van der Waals surface area contributed by atoms with Crippen LogP contribution < -0.4 is 0 Å². The van der Waals surface area contributed by atoms with Crippen molar-refractivity contribution in [2.24, 2.45) is 5.92 Å². The monoisotopic (exact) mass is 335 g/mol. The Balaban J connectivity index is 2.47. The van der Waals surface area contributed by atoms with Gasteiger partial charge in [-0.15, -0.1) is 0 Å². The summed E-state index contributed by atoms with van der Waals surface area (Å²) in [5, 5.41) is 8.95. The van der Waals surface area contributed by atoms with Crippen molar-refractivity contribution in [2.45, 2.75) is 38.7 Å². The minimum absolute atomic E-state index is 0.0631. The van der Waals surface area contributed by atoms with Gasteiger partial charge in [-0.1, -0.05) is 6.55 Å². The van der Waals surface area contributed by atoms with Crippen molar-refractivity contribution in [3.8, 4) is 0 Å². The fraction of sp³-hybridized carbons (Fsp3) is 0.818. The lowest BCUT2D eigenvalue weighted by molar-refractivity contribution is -0.141. The Kier molecular flexibility index (Phi) is 6.59. The van der Waals surface area contributed by atoms with Crippen LogP contribution in [0.4, 0.5) is 0 Å². The maximum Gasteiger partial charge on any atom is 0.308 e. The van der Waals surface area contributed by atoms with Crippen molar-refractivity contribution < 1.29 is 22.9 Å². The third-order valence-electron chi connectivity index (χ3n) is 3.04. The van der Waals surface area contributed by atoms with Crippen LogP contribution in [-0.4, -0.2) is 62.3 Å². The van der Waals surface area contributed by atoms with Crippen molar-refractivity contribution in [3.63, 3.8) is 0 Å².